The lowest BCUT2D eigenvalue weighted by Gasteiger charge is -2.32. The van der Waals surface area contributed by atoms with Gasteiger partial charge in [0.15, 0.2) is 5.58 Å². The summed E-state index contributed by atoms with van der Waals surface area (Å²) in [4.78, 5) is 28.3. The minimum Gasteiger partial charge on any atom is -0.436 e. The standard InChI is InChI=1S/C26H26F2N6O3/c1-13-12-34(5-6-36-13)14-3-4-21-20(7-14)32-26(37-21)19-11-31-24(29-2)18-10-30-22(9-15(18)19)33-25(35)17-8-16(17)23(27)28/h3-4,7,9-11,13,16-17,23H,5-6,8,12H2,1-2H3,(H,29,31)(H,30,33,35). The van der Waals surface area contributed by atoms with Crippen molar-refractivity contribution in [3.8, 4) is 11.5 Å². The van der Waals surface area contributed by atoms with Gasteiger partial charge in [-0.2, -0.15) is 0 Å². The van der Waals surface area contributed by atoms with Crippen LogP contribution in [0, 0.1) is 11.8 Å². The van der Waals surface area contributed by atoms with Crippen LogP contribution < -0.4 is 15.5 Å². The molecule has 1 aliphatic heterocycles. The largest absolute Gasteiger partial charge is 0.436 e. The zero-order valence-corrected chi connectivity index (χ0v) is 20.4. The number of ether oxygens (including phenoxy) is 1. The van der Waals surface area contributed by atoms with Gasteiger partial charge >= 0.3 is 0 Å². The molecule has 0 bridgehead atoms. The summed E-state index contributed by atoms with van der Waals surface area (Å²) in [5.41, 5.74) is 3.03. The van der Waals surface area contributed by atoms with Crippen LogP contribution in [0.25, 0.3) is 33.3 Å². The van der Waals surface area contributed by atoms with E-state index in [4.69, 9.17) is 14.1 Å². The third kappa shape index (κ3) is 4.43. The molecule has 0 spiro atoms. The molecule has 6 rings (SSSR count). The summed E-state index contributed by atoms with van der Waals surface area (Å²) in [6.45, 7) is 4.34. The number of halogens is 2. The number of oxazole rings is 1. The Morgan fingerprint density at radius 3 is 2.81 bits per heavy atom. The first kappa shape index (κ1) is 23.5. The maximum absolute atomic E-state index is 12.9. The van der Waals surface area contributed by atoms with Crippen molar-refractivity contribution in [2.24, 2.45) is 11.8 Å². The number of fused-ring (bicyclic) bond motifs is 2. The molecule has 2 N–H and O–H groups in total. The molecule has 4 heterocycles. The number of carbonyl (C=O) groups excluding carboxylic acids is 1. The van der Waals surface area contributed by atoms with Gasteiger partial charge in [0.25, 0.3) is 0 Å². The van der Waals surface area contributed by atoms with E-state index in [1.165, 1.54) is 0 Å². The molecule has 4 aromatic rings. The molecular formula is C26H26F2N6O3. The first-order valence-corrected chi connectivity index (χ1v) is 12.2. The maximum atomic E-state index is 12.9. The molecule has 1 saturated heterocycles. The van der Waals surface area contributed by atoms with Crippen LogP contribution in [0.2, 0.25) is 0 Å². The second kappa shape index (κ2) is 9.22. The first-order valence-electron chi connectivity index (χ1n) is 12.2. The highest BCUT2D eigenvalue weighted by molar-refractivity contribution is 6.03. The summed E-state index contributed by atoms with van der Waals surface area (Å²) in [6, 6.07) is 7.61. The molecular weight excluding hydrogens is 482 g/mol. The highest BCUT2D eigenvalue weighted by atomic mass is 19.3. The number of amides is 1. The summed E-state index contributed by atoms with van der Waals surface area (Å²) < 4.78 is 37.6. The lowest BCUT2D eigenvalue weighted by atomic mass is 10.1. The van der Waals surface area contributed by atoms with Gasteiger partial charge in [-0.05, 0) is 37.6 Å². The first-order chi connectivity index (χ1) is 17.9. The van der Waals surface area contributed by atoms with E-state index < -0.39 is 24.2 Å². The van der Waals surface area contributed by atoms with Crippen LogP contribution in [0.15, 0.2) is 41.1 Å². The molecule has 192 valence electrons. The lowest BCUT2D eigenvalue weighted by Crippen LogP contribution is -2.41. The molecule has 37 heavy (non-hydrogen) atoms. The fourth-order valence-electron chi connectivity index (χ4n) is 4.87. The van der Waals surface area contributed by atoms with Crippen LogP contribution in [0.3, 0.4) is 0 Å². The van der Waals surface area contributed by atoms with Gasteiger partial charge in [0.05, 0.1) is 18.3 Å². The van der Waals surface area contributed by atoms with Crippen molar-refractivity contribution in [3.63, 3.8) is 0 Å². The van der Waals surface area contributed by atoms with Crippen LogP contribution in [0.5, 0.6) is 0 Å². The third-order valence-corrected chi connectivity index (χ3v) is 6.97. The van der Waals surface area contributed by atoms with Crippen molar-refractivity contribution >= 4 is 45.1 Å². The van der Waals surface area contributed by atoms with E-state index in [0.717, 1.165) is 18.8 Å². The van der Waals surface area contributed by atoms with Crippen molar-refractivity contribution in [1.82, 2.24) is 15.0 Å². The van der Waals surface area contributed by atoms with Gasteiger partial charge in [-0.25, -0.2) is 23.7 Å². The number of nitrogens with one attached hydrogen (secondary N) is 2. The molecule has 1 saturated carbocycles. The summed E-state index contributed by atoms with van der Waals surface area (Å²) in [5.74, 6) is -0.778. The number of benzene rings is 1. The monoisotopic (exact) mass is 508 g/mol. The zero-order valence-electron chi connectivity index (χ0n) is 20.4. The van der Waals surface area contributed by atoms with Crippen molar-refractivity contribution in [2.45, 2.75) is 25.9 Å². The summed E-state index contributed by atoms with van der Waals surface area (Å²) in [7, 11) is 1.75. The Morgan fingerprint density at radius 2 is 2.05 bits per heavy atom. The average molecular weight is 509 g/mol. The van der Waals surface area contributed by atoms with E-state index in [1.807, 2.05) is 18.2 Å². The van der Waals surface area contributed by atoms with E-state index >= 15 is 0 Å². The second-order valence-corrected chi connectivity index (χ2v) is 9.51. The molecule has 0 radical (unpaired) electrons. The van der Waals surface area contributed by atoms with E-state index in [2.05, 4.69) is 32.4 Å². The lowest BCUT2D eigenvalue weighted by molar-refractivity contribution is -0.118. The van der Waals surface area contributed by atoms with Crippen molar-refractivity contribution < 1.29 is 22.7 Å². The molecule has 1 aromatic carbocycles. The Kier molecular flexibility index (Phi) is 5.86. The Labute approximate surface area is 211 Å². The van der Waals surface area contributed by atoms with Gasteiger partial charge in [0, 0.05) is 60.8 Å². The number of rotatable bonds is 6. The fraction of sp³-hybridized carbons (Fsp3) is 0.385. The van der Waals surface area contributed by atoms with E-state index in [-0.39, 0.29) is 18.3 Å². The van der Waals surface area contributed by atoms with Gasteiger partial charge in [-0.15, -0.1) is 0 Å². The Bertz CT molecular complexity index is 1490. The Morgan fingerprint density at radius 1 is 1.19 bits per heavy atom. The van der Waals surface area contributed by atoms with Crippen LogP contribution in [-0.2, 0) is 9.53 Å². The van der Waals surface area contributed by atoms with Crippen LogP contribution in [0.1, 0.15) is 13.3 Å². The van der Waals surface area contributed by atoms with Gasteiger partial charge in [-0.1, -0.05) is 0 Å². The molecule has 3 atom stereocenters. The molecule has 2 aliphatic rings. The number of nitrogens with zero attached hydrogens (tertiary/aromatic N) is 4. The Hall–Kier alpha value is -3.86. The second-order valence-electron chi connectivity index (χ2n) is 9.51. The van der Waals surface area contributed by atoms with Crippen molar-refractivity contribution in [1.29, 1.82) is 0 Å². The number of hydrogen-bond acceptors (Lipinski definition) is 8. The summed E-state index contributed by atoms with van der Waals surface area (Å²) in [6.07, 6.45) is 1.09. The molecule has 2 fully saturated rings. The van der Waals surface area contributed by atoms with Crippen LogP contribution in [-0.4, -0.2) is 60.1 Å². The molecule has 3 aromatic heterocycles. The highest BCUT2D eigenvalue weighted by Crippen LogP contribution is 2.44. The number of anilines is 3. The summed E-state index contributed by atoms with van der Waals surface area (Å²) in [5, 5.41) is 7.14. The van der Waals surface area contributed by atoms with Crippen LogP contribution in [0.4, 0.5) is 26.1 Å². The topological polar surface area (TPSA) is 105 Å². The SMILES string of the molecule is CNc1ncc(-c2nc3cc(N4CCOC(C)C4)ccc3o2)c2cc(NC(=O)C3CC3C(F)F)ncc12. The van der Waals surface area contributed by atoms with E-state index in [9.17, 15) is 13.6 Å². The number of pyridine rings is 2. The average Bonchev–Trinajstić information content (AvgIpc) is 3.60. The van der Waals surface area contributed by atoms with E-state index in [0.29, 0.717) is 45.8 Å². The number of carbonyl (C=O) groups is 1. The summed E-state index contributed by atoms with van der Waals surface area (Å²) >= 11 is 0. The predicted molar refractivity (Wildman–Crippen MR) is 136 cm³/mol. The van der Waals surface area contributed by atoms with Crippen molar-refractivity contribution in [3.05, 3.63) is 36.7 Å². The zero-order chi connectivity index (χ0) is 25.7. The minimum absolute atomic E-state index is 0.157. The molecule has 1 amide bonds. The fourth-order valence-corrected chi connectivity index (χ4v) is 4.87. The predicted octanol–water partition coefficient (Wildman–Crippen LogP) is 4.54. The molecule has 9 nitrogen and oxygen atoms in total. The quantitative estimate of drug-likeness (QED) is 0.391. The molecule has 1 aliphatic carbocycles. The smallest absolute Gasteiger partial charge is 0.242 e. The van der Waals surface area contributed by atoms with Gasteiger partial charge in [0.1, 0.15) is 17.2 Å². The van der Waals surface area contributed by atoms with Crippen LogP contribution >= 0.6 is 0 Å². The number of hydrogen-bond donors (Lipinski definition) is 2. The van der Waals surface area contributed by atoms with Crippen molar-refractivity contribution in [2.75, 3.05) is 42.3 Å². The number of aromatic nitrogens is 3. The third-order valence-electron chi connectivity index (χ3n) is 6.97. The minimum atomic E-state index is -2.50. The molecule has 11 heteroatoms. The normalized spacial score (nSPS) is 21.5. The molecule has 3 unspecified atom stereocenters. The number of alkyl halides is 2. The number of morpholine rings is 1. The van der Waals surface area contributed by atoms with E-state index in [1.54, 1.807) is 25.5 Å². The maximum Gasteiger partial charge on any atom is 0.242 e. The van der Waals surface area contributed by atoms with Gasteiger partial charge in [0.2, 0.25) is 18.2 Å². The highest BCUT2D eigenvalue weighted by Gasteiger charge is 2.49. The van der Waals surface area contributed by atoms with Gasteiger partial charge in [-0.3, -0.25) is 4.79 Å². The van der Waals surface area contributed by atoms with Gasteiger partial charge < -0.3 is 24.7 Å². The Balaban J connectivity index is 1.35.